The first-order valence-corrected chi connectivity index (χ1v) is 6.31. The maximum atomic E-state index is 12.1. The molecule has 1 aliphatic carbocycles. The largest absolute Gasteiger partial charge is 0.468 e. The fraction of sp³-hybridized carbons (Fsp3) is 0.545. The van der Waals surface area contributed by atoms with Crippen LogP contribution in [0.25, 0.3) is 0 Å². The van der Waals surface area contributed by atoms with E-state index < -0.39 is 12.8 Å². The summed E-state index contributed by atoms with van der Waals surface area (Å²) in [6.07, 6.45) is -0.706. The molecule has 1 aromatic rings. The number of hydrogen-bond acceptors (Lipinski definition) is 3. The Morgan fingerprint density at radius 2 is 2.17 bits per heavy atom. The number of halogens is 4. The molecule has 0 aromatic carbocycles. The lowest BCUT2D eigenvalue weighted by Crippen LogP contribution is -2.21. The Morgan fingerprint density at radius 1 is 1.44 bits per heavy atom. The van der Waals surface area contributed by atoms with Crippen LogP contribution in [0.1, 0.15) is 18.4 Å². The summed E-state index contributed by atoms with van der Waals surface area (Å²) in [7, 11) is 0. The second kappa shape index (κ2) is 5.44. The molecule has 0 aliphatic heterocycles. The van der Waals surface area contributed by atoms with Gasteiger partial charge in [0.2, 0.25) is 5.88 Å². The van der Waals surface area contributed by atoms with Gasteiger partial charge in [0.25, 0.3) is 0 Å². The zero-order valence-electron chi connectivity index (χ0n) is 9.43. The predicted octanol–water partition coefficient (Wildman–Crippen LogP) is 3.04. The molecule has 0 unspecified atom stereocenters. The van der Waals surface area contributed by atoms with Crippen molar-refractivity contribution in [2.24, 2.45) is 0 Å². The van der Waals surface area contributed by atoms with Gasteiger partial charge in [-0.2, -0.15) is 13.2 Å². The molecule has 18 heavy (non-hydrogen) atoms. The fourth-order valence-electron chi connectivity index (χ4n) is 1.42. The zero-order chi connectivity index (χ0) is 13.2. The van der Waals surface area contributed by atoms with E-state index in [1.54, 1.807) is 6.07 Å². The van der Waals surface area contributed by atoms with Gasteiger partial charge < -0.3 is 10.1 Å². The van der Waals surface area contributed by atoms with E-state index in [9.17, 15) is 13.2 Å². The zero-order valence-corrected chi connectivity index (χ0v) is 11.0. The van der Waals surface area contributed by atoms with Crippen molar-refractivity contribution in [2.75, 3.05) is 6.61 Å². The average Bonchev–Trinajstić information content (AvgIpc) is 3.07. The first-order valence-electron chi connectivity index (χ1n) is 5.51. The Kier molecular flexibility index (Phi) is 4.11. The van der Waals surface area contributed by atoms with E-state index in [2.05, 4.69) is 26.2 Å². The maximum absolute atomic E-state index is 12.1. The lowest BCUT2D eigenvalue weighted by molar-refractivity contribution is -0.154. The van der Waals surface area contributed by atoms with Crippen LogP contribution in [-0.4, -0.2) is 23.8 Å². The first kappa shape index (κ1) is 13.6. The van der Waals surface area contributed by atoms with E-state index >= 15 is 0 Å². The summed E-state index contributed by atoms with van der Waals surface area (Å²) in [5.41, 5.74) is 0.625. The number of rotatable bonds is 5. The smallest absolute Gasteiger partial charge is 0.422 e. The van der Waals surface area contributed by atoms with Gasteiger partial charge in [-0.1, -0.05) is 0 Å². The number of nitrogens with zero attached hydrogens (tertiary/aromatic N) is 1. The summed E-state index contributed by atoms with van der Waals surface area (Å²) in [5, 5.41) is 3.22. The van der Waals surface area contributed by atoms with Gasteiger partial charge in [0.1, 0.15) is 0 Å². The van der Waals surface area contributed by atoms with Crippen molar-refractivity contribution in [3.05, 3.63) is 22.3 Å². The molecule has 1 heterocycles. The van der Waals surface area contributed by atoms with Gasteiger partial charge >= 0.3 is 6.18 Å². The van der Waals surface area contributed by atoms with Crippen LogP contribution in [0.15, 0.2) is 16.7 Å². The number of nitrogens with one attached hydrogen (secondary N) is 1. The van der Waals surface area contributed by atoms with E-state index in [1.165, 1.54) is 6.20 Å². The Morgan fingerprint density at radius 3 is 2.78 bits per heavy atom. The number of aromatic nitrogens is 1. The van der Waals surface area contributed by atoms with E-state index in [4.69, 9.17) is 4.74 Å². The molecule has 0 atom stereocenters. The van der Waals surface area contributed by atoms with E-state index in [-0.39, 0.29) is 5.88 Å². The summed E-state index contributed by atoms with van der Waals surface area (Å²) in [4.78, 5) is 3.87. The minimum Gasteiger partial charge on any atom is -0.468 e. The molecule has 1 aliphatic rings. The van der Waals surface area contributed by atoms with Crippen molar-refractivity contribution >= 4 is 15.9 Å². The van der Waals surface area contributed by atoms with Crippen molar-refractivity contribution in [2.45, 2.75) is 31.6 Å². The SMILES string of the molecule is FC(F)(F)COc1ncc(Br)cc1CNC1CC1. The molecule has 1 fully saturated rings. The van der Waals surface area contributed by atoms with Crippen LogP contribution in [0.4, 0.5) is 13.2 Å². The molecule has 0 saturated heterocycles. The van der Waals surface area contributed by atoms with Gasteiger partial charge in [-0.3, -0.25) is 0 Å². The molecule has 2 rings (SSSR count). The molecular weight excluding hydrogens is 313 g/mol. The number of pyridine rings is 1. The summed E-state index contributed by atoms with van der Waals surface area (Å²) in [5.74, 6) is 0.0312. The molecule has 0 radical (unpaired) electrons. The van der Waals surface area contributed by atoms with Crippen molar-refractivity contribution < 1.29 is 17.9 Å². The number of alkyl halides is 3. The fourth-order valence-corrected chi connectivity index (χ4v) is 1.80. The van der Waals surface area contributed by atoms with Crippen LogP contribution in [-0.2, 0) is 6.54 Å². The third kappa shape index (κ3) is 4.45. The summed E-state index contributed by atoms with van der Waals surface area (Å²) in [6, 6.07) is 2.19. The molecule has 7 heteroatoms. The molecule has 1 N–H and O–H groups in total. The molecule has 3 nitrogen and oxygen atoms in total. The van der Waals surface area contributed by atoms with Gasteiger partial charge in [-0.05, 0) is 34.8 Å². The lowest BCUT2D eigenvalue weighted by atomic mass is 10.2. The first-order chi connectivity index (χ1) is 8.44. The van der Waals surface area contributed by atoms with Gasteiger partial charge in [0, 0.05) is 28.8 Å². The van der Waals surface area contributed by atoms with Gasteiger partial charge in [-0.15, -0.1) is 0 Å². The Labute approximate surface area is 111 Å². The molecule has 0 bridgehead atoms. The Hall–Kier alpha value is -0.820. The maximum Gasteiger partial charge on any atom is 0.422 e. The van der Waals surface area contributed by atoms with Gasteiger partial charge in [-0.25, -0.2) is 4.98 Å². The topological polar surface area (TPSA) is 34.1 Å². The minimum atomic E-state index is -4.35. The van der Waals surface area contributed by atoms with Crippen LogP contribution in [0.5, 0.6) is 5.88 Å². The summed E-state index contributed by atoms with van der Waals surface area (Å²) < 4.78 is 41.7. The van der Waals surface area contributed by atoms with Crippen LogP contribution in [0.3, 0.4) is 0 Å². The van der Waals surface area contributed by atoms with E-state index in [1.807, 2.05) is 0 Å². The van der Waals surface area contributed by atoms with E-state index in [0.717, 1.165) is 17.3 Å². The molecule has 0 amide bonds. The van der Waals surface area contributed by atoms with Crippen molar-refractivity contribution in [1.29, 1.82) is 0 Å². The molecule has 0 spiro atoms. The molecule has 1 saturated carbocycles. The Balaban J connectivity index is 2.01. The third-order valence-electron chi connectivity index (χ3n) is 2.42. The summed E-state index contributed by atoms with van der Waals surface area (Å²) >= 11 is 3.24. The van der Waals surface area contributed by atoms with Crippen molar-refractivity contribution in [1.82, 2.24) is 10.3 Å². The second-order valence-electron chi connectivity index (χ2n) is 4.18. The molecular formula is C11H12BrF3N2O. The highest BCUT2D eigenvalue weighted by atomic mass is 79.9. The standard InChI is InChI=1S/C11H12BrF3N2O/c12-8-3-7(4-16-9-1-2-9)10(17-5-8)18-6-11(13,14)15/h3,5,9,16H,1-2,4,6H2. The monoisotopic (exact) mass is 324 g/mol. The highest BCUT2D eigenvalue weighted by Gasteiger charge is 2.29. The number of ether oxygens (including phenoxy) is 1. The molecule has 100 valence electrons. The highest BCUT2D eigenvalue weighted by molar-refractivity contribution is 9.10. The average molecular weight is 325 g/mol. The quantitative estimate of drug-likeness (QED) is 0.904. The number of hydrogen-bond donors (Lipinski definition) is 1. The van der Waals surface area contributed by atoms with Gasteiger partial charge in [0.05, 0.1) is 0 Å². The van der Waals surface area contributed by atoms with Crippen molar-refractivity contribution in [3.8, 4) is 5.88 Å². The third-order valence-corrected chi connectivity index (χ3v) is 2.86. The predicted molar refractivity (Wildman–Crippen MR) is 63.3 cm³/mol. The summed E-state index contributed by atoms with van der Waals surface area (Å²) in [6.45, 7) is -0.859. The van der Waals surface area contributed by atoms with Crippen molar-refractivity contribution in [3.63, 3.8) is 0 Å². The lowest BCUT2D eigenvalue weighted by Gasteiger charge is -2.12. The minimum absolute atomic E-state index is 0.0312. The van der Waals surface area contributed by atoms with Crippen LogP contribution in [0.2, 0.25) is 0 Å². The van der Waals surface area contributed by atoms with Crippen LogP contribution >= 0.6 is 15.9 Å². The second-order valence-corrected chi connectivity index (χ2v) is 5.09. The Bertz CT molecular complexity index is 421. The van der Waals surface area contributed by atoms with E-state index in [0.29, 0.717) is 18.2 Å². The van der Waals surface area contributed by atoms with Gasteiger partial charge in [0.15, 0.2) is 6.61 Å². The normalized spacial score (nSPS) is 15.8. The van der Waals surface area contributed by atoms with Crippen LogP contribution in [0, 0.1) is 0 Å². The van der Waals surface area contributed by atoms with Crippen LogP contribution < -0.4 is 10.1 Å². The molecule has 1 aromatic heterocycles. The highest BCUT2D eigenvalue weighted by Crippen LogP contribution is 2.25.